The maximum absolute atomic E-state index is 9.72. The summed E-state index contributed by atoms with van der Waals surface area (Å²) in [4.78, 5) is 1.41. The molecule has 90 valence electrons. The largest absolute Gasteiger partial charge is 0.389 e. The molecule has 1 atom stereocenters. The van der Waals surface area contributed by atoms with Crippen molar-refractivity contribution in [2.75, 3.05) is 6.54 Å². The Bertz CT molecular complexity index is 370. The van der Waals surface area contributed by atoms with Gasteiger partial charge in [0.25, 0.3) is 0 Å². The van der Waals surface area contributed by atoms with Crippen LogP contribution in [-0.2, 0) is 6.42 Å². The summed E-state index contributed by atoms with van der Waals surface area (Å²) in [5.74, 6) is 0. The van der Waals surface area contributed by atoms with Gasteiger partial charge in [-0.1, -0.05) is 11.6 Å². The maximum atomic E-state index is 9.72. The minimum absolute atomic E-state index is 0.360. The number of halogens is 1. The summed E-state index contributed by atoms with van der Waals surface area (Å²) in [5, 5.41) is 13.1. The van der Waals surface area contributed by atoms with Gasteiger partial charge in [-0.05, 0) is 44.7 Å². The highest BCUT2D eigenvalue weighted by Crippen LogP contribution is 2.37. The molecule has 1 aliphatic carbocycles. The van der Waals surface area contributed by atoms with Gasteiger partial charge < -0.3 is 10.4 Å². The highest BCUT2D eigenvalue weighted by atomic mass is 35.5. The molecular weight excluding hydrogens is 242 g/mol. The second-order valence-corrected chi connectivity index (χ2v) is 6.84. The molecule has 16 heavy (non-hydrogen) atoms. The molecule has 0 radical (unpaired) electrons. The van der Waals surface area contributed by atoms with Crippen molar-refractivity contribution in [2.45, 2.75) is 44.8 Å². The number of fused-ring (bicyclic) bond motifs is 1. The molecule has 0 aromatic carbocycles. The zero-order valence-corrected chi connectivity index (χ0v) is 11.3. The fourth-order valence-electron chi connectivity index (χ4n) is 2.11. The van der Waals surface area contributed by atoms with Crippen molar-refractivity contribution in [3.8, 4) is 0 Å². The van der Waals surface area contributed by atoms with E-state index in [-0.39, 0.29) is 0 Å². The summed E-state index contributed by atoms with van der Waals surface area (Å²) < 4.78 is 0.877. The molecule has 1 aromatic heterocycles. The van der Waals surface area contributed by atoms with E-state index in [1.54, 1.807) is 11.3 Å². The number of nitrogens with one attached hydrogen (secondary N) is 1. The number of aliphatic hydroxyl groups is 1. The summed E-state index contributed by atoms with van der Waals surface area (Å²) in [5.41, 5.74) is 0.683. The van der Waals surface area contributed by atoms with Gasteiger partial charge in [0.1, 0.15) is 0 Å². The van der Waals surface area contributed by atoms with E-state index in [0.29, 0.717) is 12.6 Å². The van der Waals surface area contributed by atoms with E-state index in [2.05, 4.69) is 11.4 Å². The van der Waals surface area contributed by atoms with Crippen LogP contribution < -0.4 is 5.32 Å². The Morgan fingerprint density at radius 1 is 1.62 bits per heavy atom. The zero-order chi connectivity index (χ0) is 11.8. The number of rotatable bonds is 3. The first-order chi connectivity index (χ1) is 7.46. The summed E-state index contributed by atoms with van der Waals surface area (Å²) in [6, 6.07) is 2.43. The van der Waals surface area contributed by atoms with Crippen LogP contribution in [0.15, 0.2) is 6.07 Å². The summed E-state index contributed by atoms with van der Waals surface area (Å²) in [6.45, 7) is 4.26. The Balaban J connectivity index is 2.07. The number of thiophene rings is 1. The highest BCUT2D eigenvalue weighted by Gasteiger charge is 2.24. The minimum Gasteiger partial charge on any atom is -0.389 e. The van der Waals surface area contributed by atoms with E-state index in [9.17, 15) is 5.11 Å². The monoisotopic (exact) mass is 259 g/mol. The average molecular weight is 260 g/mol. The normalized spacial score (nSPS) is 20.9. The molecule has 1 unspecified atom stereocenters. The topological polar surface area (TPSA) is 32.3 Å². The predicted molar refractivity (Wildman–Crippen MR) is 69.3 cm³/mol. The van der Waals surface area contributed by atoms with Crippen LogP contribution in [0.25, 0.3) is 0 Å². The van der Waals surface area contributed by atoms with Gasteiger partial charge in [0, 0.05) is 17.5 Å². The Kier molecular flexibility index (Phi) is 3.59. The van der Waals surface area contributed by atoms with Crippen molar-refractivity contribution in [3.05, 3.63) is 20.8 Å². The molecule has 0 spiro atoms. The summed E-state index contributed by atoms with van der Waals surface area (Å²) in [6.07, 6.45) is 3.48. The molecule has 0 aliphatic heterocycles. The van der Waals surface area contributed by atoms with Gasteiger partial charge in [0.2, 0.25) is 0 Å². The Labute approximate surface area is 106 Å². The number of aryl methyl sites for hydroxylation is 1. The lowest BCUT2D eigenvalue weighted by atomic mass is 9.93. The third kappa shape index (κ3) is 2.98. The van der Waals surface area contributed by atoms with Crippen molar-refractivity contribution < 1.29 is 5.11 Å². The van der Waals surface area contributed by atoms with Crippen molar-refractivity contribution in [1.82, 2.24) is 5.32 Å². The molecule has 2 nitrogen and oxygen atoms in total. The first-order valence-corrected chi connectivity index (χ1v) is 6.89. The van der Waals surface area contributed by atoms with Crippen LogP contribution in [-0.4, -0.2) is 17.3 Å². The molecule has 1 heterocycles. The SMILES string of the molecule is CC(C)(O)CNC1CCCc2sc(Cl)cc21. The van der Waals surface area contributed by atoms with E-state index in [1.165, 1.54) is 16.9 Å². The lowest BCUT2D eigenvalue weighted by Gasteiger charge is -2.27. The van der Waals surface area contributed by atoms with Crippen LogP contribution in [0.4, 0.5) is 0 Å². The van der Waals surface area contributed by atoms with Gasteiger partial charge in [-0.25, -0.2) is 0 Å². The molecule has 0 fully saturated rings. The van der Waals surface area contributed by atoms with Gasteiger partial charge in [0.15, 0.2) is 0 Å². The lowest BCUT2D eigenvalue weighted by molar-refractivity contribution is 0.0756. The average Bonchev–Trinajstić information content (AvgIpc) is 2.54. The van der Waals surface area contributed by atoms with Crippen LogP contribution in [0.5, 0.6) is 0 Å². The van der Waals surface area contributed by atoms with Crippen molar-refractivity contribution in [2.24, 2.45) is 0 Å². The van der Waals surface area contributed by atoms with Gasteiger partial charge in [0.05, 0.1) is 9.94 Å². The van der Waals surface area contributed by atoms with Crippen LogP contribution >= 0.6 is 22.9 Å². The van der Waals surface area contributed by atoms with Crippen LogP contribution in [0.2, 0.25) is 4.34 Å². The third-order valence-electron chi connectivity index (χ3n) is 2.86. The van der Waals surface area contributed by atoms with E-state index in [1.807, 2.05) is 13.8 Å². The zero-order valence-electron chi connectivity index (χ0n) is 9.72. The van der Waals surface area contributed by atoms with E-state index >= 15 is 0 Å². The van der Waals surface area contributed by atoms with Crippen LogP contribution in [0, 0.1) is 0 Å². The van der Waals surface area contributed by atoms with Gasteiger partial charge >= 0.3 is 0 Å². The van der Waals surface area contributed by atoms with Gasteiger partial charge in [-0.2, -0.15) is 0 Å². The summed E-state index contributed by atoms with van der Waals surface area (Å²) in [7, 11) is 0. The molecule has 0 saturated heterocycles. The first-order valence-electron chi connectivity index (χ1n) is 5.69. The second kappa shape index (κ2) is 4.65. The molecule has 4 heteroatoms. The first kappa shape index (κ1) is 12.4. The maximum Gasteiger partial charge on any atom is 0.0934 e. The Hall–Kier alpha value is -0.0900. The third-order valence-corrected chi connectivity index (χ3v) is 4.20. The highest BCUT2D eigenvalue weighted by molar-refractivity contribution is 7.16. The predicted octanol–water partition coefficient (Wildman–Crippen LogP) is 3.14. The Morgan fingerprint density at radius 2 is 2.38 bits per heavy atom. The fraction of sp³-hybridized carbons (Fsp3) is 0.667. The van der Waals surface area contributed by atoms with E-state index in [0.717, 1.165) is 17.2 Å². The fourth-order valence-corrected chi connectivity index (χ4v) is 3.49. The Morgan fingerprint density at radius 3 is 3.06 bits per heavy atom. The van der Waals surface area contributed by atoms with Gasteiger partial charge in [-0.15, -0.1) is 11.3 Å². The number of hydrogen-bond donors (Lipinski definition) is 2. The molecular formula is C12H18ClNOS. The van der Waals surface area contributed by atoms with Crippen molar-refractivity contribution in [1.29, 1.82) is 0 Å². The smallest absolute Gasteiger partial charge is 0.0934 e. The molecule has 2 rings (SSSR count). The van der Waals surface area contributed by atoms with Crippen LogP contribution in [0.3, 0.4) is 0 Å². The quantitative estimate of drug-likeness (QED) is 0.874. The van der Waals surface area contributed by atoms with Crippen molar-refractivity contribution in [3.63, 3.8) is 0 Å². The molecule has 0 bridgehead atoms. The van der Waals surface area contributed by atoms with Crippen LogP contribution in [0.1, 0.15) is 43.2 Å². The second-order valence-electron chi connectivity index (χ2n) is 5.07. The molecule has 0 amide bonds. The standard InChI is InChI=1S/C12H18ClNOS/c1-12(2,15)7-14-9-4-3-5-10-8(9)6-11(13)16-10/h6,9,14-15H,3-5,7H2,1-2H3. The van der Waals surface area contributed by atoms with E-state index < -0.39 is 5.60 Å². The van der Waals surface area contributed by atoms with Gasteiger partial charge in [-0.3, -0.25) is 0 Å². The molecule has 2 N–H and O–H groups in total. The molecule has 1 aromatic rings. The van der Waals surface area contributed by atoms with Crippen molar-refractivity contribution >= 4 is 22.9 Å². The lowest BCUT2D eigenvalue weighted by Crippen LogP contribution is -2.37. The molecule has 1 aliphatic rings. The number of hydrogen-bond acceptors (Lipinski definition) is 3. The minimum atomic E-state index is -0.655. The molecule has 0 saturated carbocycles. The summed E-state index contributed by atoms with van der Waals surface area (Å²) >= 11 is 7.74. The van der Waals surface area contributed by atoms with E-state index in [4.69, 9.17) is 11.6 Å².